The maximum absolute atomic E-state index is 5.40. The van der Waals surface area contributed by atoms with Crippen LogP contribution in [0.15, 0.2) is 23.2 Å². The lowest BCUT2D eigenvalue weighted by Crippen LogP contribution is -2.38. The van der Waals surface area contributed by atoms with E-state index in [0.717, 1.165) is 12.1 Å². The van der Waals surface area contributed by atoms with E-state index in [1.807, 2.05) is 39.2 Å². The molecule has 2 N–H and O–H groups in total. The van der Waals surface area contributed by atoms with Gasteiger partial charge < -0.3 is 25.0 Å². The predicted octanol–water partition coefficient (Wildman–Crippen LogP) is 2.11. The van der Waals surface area contributed by atoms with Gasteiger partial charge in [0.2, 0.25) is 0 Å². The van der Waals surface area contributed by atoms with Crippen LogP contribution in [0.4, 0.5) is 0 Å². The quantitative estimate of drug-likeness (QED) is 0.270. The lowest BCUT2D eigenvalue weighted by molar-refractivity contribution is 0.303. The maximum atomic E-state index is 5.40. The van der Waals surface area contributed by atoms with Crippen LogP contribution < -0.4 is 20.1 Å². The average molecular weight is 460 g/mol. The average Bonchev–Trinajstić information content (AvgIpc) is 2.59. The second-order valence-electron chi connectivity index (χ2n) is 5.37. The summed E-state index contributed by atoms with van der Waals surface area (Å²) in [7, 11) is 7.32. The second kappa shape index (κ2) is 12.7. The minimum Gasteiger partial charge on any atom is -0.493 e. The zero-order valence-corrected chi connectivity index (χ0v) is 18.0. The Balaban J connectivity index is 0.00000576. The van der Waals surface area contributed by atoms with Crippen LogP contribution >= 0.6 is 24.0 Å². The zero-order valence-electron chi connectivity index (χ0n) is 15.6. The first-order chi connectivity index (χ1) is 11.6. The largest absolute Gasteiger partial charge is 0.493 e. The monoisotopic (exact) mass is 460 g/mol. The first-order valence-electron chi connectivity index (χ1n) is 7.91. The fourth-order valence-electron chi connectivity index (χ4n) is 2.28. The molecule has 1 unspecified atom stereocenters. The molecule has 0 aliphatic carbocycles. The molecular formula is C18H29IN4O2. The number of nitrogens with zero attached hydrogens (tertiary/aromatic N) is 2. The van der Waals surface area contributed by atoms with Gasteiger partial charge in [0, 0.05) is 6.54 Å². The van der Waals surface area contributed by atoms with Crippen LogP contribution in [0.3, 0.4) is 0 Å². The van der Waals surface area contributed by atoms with Gasteiger partial charge in [-0.25, -0.2) is 0 Å². The van der Waals surface area contributed by atoms with E-state index in [-0.39, 0.29) is 30.0 Å². The van der Waals surface area contributed by atoms with E-state index in [1.165, 1.54) is 0 Å². The second-order valence-corrected chi connectivity index (χ2v) is 5.37. The first-order valence-corrected chi connectivity index (χ1v) is 7.91. The highest BCUT2D eigenvalue weighted by Gasteiger charge is 2.16. The molecule has 6 nitrogen and oxygen atoms in total. The third-order valence-electron chi connectivity index (χ3n) is 3.54. The number of benzene rings is 1. The Morgan fingerprint density at radius 1 is 1.24 bits per heavy atom. The molecule has 1 rings (SSSR count). The number of hydrogen-bond donors (Lipinski definition) is 2. The Labute approximate surface area is 168 Å². The van der Waals surface area contributed by atoms with Crippen molar-refractivity contribution in [3.8, 4) is 23.8 Å². The van der Waals surface area contributed by atoms with Gasteiger partial charge in [-0.15, -0.1) is 30.4 Å². The van der Waals surface area contributed by atoms with Gasteiger partial charge in [0.25, 0.3) is 0 Å². The van der Waals surface area contributed by atoms with Crippen LogP contribution in [-0.2, 0) is 0 Å². The molecule has 1 atom stereocenters. The fourth-order valence-corrected chi connectivity index (χ4v) is 2.28. The van der Waals surface area contributed by atoms with E-state index in [9.17, 15) is 0 Å². The van der Waals surface area contributed by atoms with Gasteiger partial charge in [0.1, 0.15) is 0 Å². The molecule has 0 heterocycles. The van der Waals surface area contributed by atoms with E-state index in [0.29, 0.717) is 30.5 Å². The summed E-state index contributed by atoms with van der Waals surface area (Å²) in [4.78, 5) is 6.75. The van der Waals surface area contributed by atoms with Crippen molar-refractivity contribution in [2.75, 3.05) is 47.9 Å². The van der Waals surface area contributed by atoms with E-state index in [2.05, 4.69) is 26.4 Å². The Kier molecular flexibility index (Phi) is 11.8. The molecule has 1 aromatic rings. The van der Waals surface area contributed by atoms with Gasteiger partial charge in [-0.2, -0.15) is 0 Å². The molecule has 0 saturated heterocycles. The lowest BCUT2D eigenvalue weighted by Gasteiger charge is -2.24. The highest BCUT2D eigenvalue weighted by molar-refractivity contribution is 14.0. The summed E-state index contributed by atoms with van der Waals surface area (Å²) in [5.41, 5.74) is 1.11. The molecule has 7 heteroatoms. The van der Waals surface area contributed by atoms with Crippen LogP contribution in [0.1, 0.15) is 18.5 Å². The Bertz CT molecular complexity index is 585. The molecule has 0 radical (unpaired) electrons. The van der Waals surface area contributed by atoms with Crippen molar-refractivity contribution in [3.05, 3.63) is 23.8 Å². The van der Waals surface area contributed by atoms with Crippen LogP contribution in [0.25, 0.3) is 0 Å². The molecular weight excluding hydrogens is 431 g/mol. The minimum atomic E-state index is 0. The molecule has 0 fully saturated rings. The Hall–Kier alpha value is -1.66. The van der Waals surface area contributed by atoms with E-state index in [4.69, 9.17) is 15.9 Å². The summed E-state index contributed by atoms with van der Waals surface area (Å²) in [5.74, 6) is 4.69. The number of nitrogens with one attached hydrogen (secondary N) is 2. The van der Waals surface area contributed by atoms with Gasteiger partial charge in [-0.05, 0) is 38.7 Å². The molecule has 1 aromatic carbocycles. The molecule has 0 aliphatic rings. The summed E-state index contributed by atoms with van der Waals surface area (Å²) >= 11 is 0. The van der Waals surface area contributed by atoms with Crippen LogP contribution in [-0.4, -0.2) is 58.8 Å². The topological polar surface area (TPSA) is 58.1 Å². The number of halogens is 1. The maximum Gasteiger partial charge on any atom is 0.192 e. The van der Waals surface area contributed by atoms with E-state index < -0.39 is 0 Å². The molecule has 0 aliphatic heterocycles. The summed E-state index contributed by atoms with van der Waals surface area (Å²) in [5, 5.41) is 6.28. The standard InChI is InChI=1S/C18H28N4O2.HI/c1-7-11-20-18(19-8-2)21-13-15(22(3)4)14-9-10-16(23-5)17(12-14)24-6;/h1,9-10,12,15H,8,11,13H2,2-6H3,(H2,19,20,21);1H. The molecule has 0 saturated carbocycles. The Morgan fingerprint density at radius 3 is 2.44 bits per heavy atom. The summed E-state index contributed by atoms with van der Waals surface area (Å²) < 4.78 is 10.7. The van der Waals surface area contributed by atoms with Crippen LogP contribution in [0.2, 0.25) is 0 Å². The fraction of sp³-hybridized carbons (Fsp3) is 0.500. The smallest absolute Gasteiger partial charge is 0.192 e. The normalized spacial score (nSPS) is 12.0. The van der Waals surface area contributed by atoms with Gasteiger partial charge in [-0.1, -0.05) is 12.0 Å². The van der Waals surface area contributed by atoms with Gasteiger partial charge in [0.05, 0.1) is 33.4 Å². The van der Waals surface area contributed by atoms with Gasteiger partial charge in [0.15, 0.2) is 17.5 Å². The molecule has 140 valence electrons. The molecule has 0 amide bonds. The van der Waals surface area contributed by atoms with Crippen molar-refractivity contribution < 1.29 is 9.47 Å². The number of hydrogen-bond acceptors (Lipinski definition) is 4. The third kappa shape index (κ3) is 7.40. The highest BCUT2D eigenvalue weighted by atomic mass is 127. The number of ether oxygens (including phenoxy) is 2. The molecule has 0 bridgehead atoms. The highest BCUT2D eigenvalue weighted by Crippen LogP contribution is 2.31. The van der Waals surface area contributed by atoms with Gasteiger partial charge in [-0.3, -0.25) is 4.99 Å². The van der Waals surface area contributed by atoms with Crippen molar-refractivity contribution in [2.24, 2.45) is 4.99 Å². The van der Waals surface area contributed by atoms with E-state index in [1.54, 1.807) is 14.2 Å². The number of likely N-dealkylation sites (N-methyl/N-ethyl adjacent to an activating group) is 1. The number of rotatable bonds is 8. The van der Waals surface area contributed by atoms with Crippen molar-refractivity contribution >= 4 is 29.9 Å². The summed E-state index contributed by atoms with van der Waals surface area (Å²) in [6, 6.07) is 6.03. The van der Waals surface area contributed by atoms with E-state index >= 15 is 0 Å². The third-order valence-corrected chi connectivity index (χ3v) is 3.54. The van der Waals surface area contributed by atoms with Crippen molar-refractivity contribution in [1.82, 2.24) is 15.5 Å². The number of aliphatic imine (C=N–C) groups is 1. The van der Waals surface area contributed by atoms with Crippen LogP contribution in [0, 0.1) is 12.3 Å². The van der Waals surface area contributed by atoms with Crippen molar-refractivity contribution in [2.45, 2.75) is 13.0 Å². The summed E-state index contributed by atoms with van der Waals surface area (Å²) in [6.07, 6.45) is 5.30. The lowest BCUT2D eigenvalue weighted by atomic mass is 10.1. The number of methoxy groups -OCH3 is 2. The van der Waals surface area contributed by atoms with Crippen molar-refractivity contribution in [1.29, 1.82) is 0 Å². The van der Waals surface area contributed by atoms with Gasteiger partial charge >= 0.3 is 0 Å². The van der Waals surface area contributed by atoms with Crippen molar-refractivity contribution in [3.63, 3.8) is 0 Å². The zero-order chi connectivity index (χ0) is 17.9. The molecule has 0 spiro atoms. The summed E-state index contributed by atoms with van der Waals surface area (Å²) in [6.45, 7) is 3.82. The molecule has 0 aromatic heterocycles. The molecule has 25 heavy (non-hydrogen) atoms. The first kappa shape index (κ1) is 23.3. The van der Waals surface area contributed by atoms with Crippen LogP contribution in [0.5, 0.6) is 11.5 Å². The minimum absolute atomic E-state index is 0. The predicted molar refractivity (Wildman–Crippen MR) is 114 cm³/mol. The SMILES string of the molecule is C#CCNC(=NCC(c1ccc(OC)c(OC)c1)N(C)C)NCC.I. The number of guanidine groups is 1. The number of terminal acetylenes is 1. The Morgan fingerprint density at radius 2 is 1.92 bits per heavy atom.